The molecule has 0 fully saturated rings. The van der Waals surface area contributed by atoms with Crippen LogP contribution in [0.15, 0.2) is 66.7 Å². The van der Waals surface area contributed by atoms with Crippen LogP contribution in [0.1, 0.15) is 5.56 Å². The molecule has 0 radical (unpaired) electrons. The maximum absolute atomic E-state index is 6.44. The molecule has 0 saturated heterocycles. The average Bonchev–Trinajstić information content (AvgIpc) is 3.23. The minimum atomic E-state index is 0.378. The number of methoxy groups -OCH3 is 1. The summed E-state index contributed by atoms with van der Waals surface area (Å²) in [4.78, 5) is 0. The van der Waals surface area contributed by atoms with Crippen LogP contribution < -0.4 is 9.47 Å². The molecule has 146 valence electrons. The summed E-state index contributed by atoms with van der Waals surface area (Å²) >= 11 is 12.8. The van der Waals surface area contributed by atoms with Gasteiger partial charge < -0.3 is 9.47 Å². The summed E-state index contributed by atoms with van der Waals surface area (Å²) in [5.74, 6) is 1.77. The first-order valence-electron chi connectivity index (χ1n) is 8.74. The number of rotatable bonds is 6. The Labute approximate surface area is 177 Å². The molecule has 3 aromatic carbocycles. The van der Waals surface area contributed by atoms with Gasteiger partial charge in [-0.2, -0.15) is 4.68 Å². The standard InChI is InChI=1S/C21H16Cl2N4O2/c1-28-16-9-7-15(8-10-16)21-24-25-26-27(21)19-12-20(18(23)11-17(19)22)29-13-14-5-3-2-4-6-14/h2-12H,13H2,1H3. The summed E-state index contributed by atoms with van der Waals surface area (Å²) in [5, 5.41) is 12.9. The molecule has 0 spiro atoms. The molecule has 8 heteroatoms. The van der Waals surface area contributed by atoms with Crippen LogP contribution in [-0.4, -0.2) is 27.3 Å². The lowest BCUT2D eigenvalue weighted by Gasteiger charge is -2.13. The van der Waals surface area contributed by atoms with Crippen LogP contribution in [0.4, 0.5) is 0 Å². The Morgan fingerprint density at radius 2 is 1.69 bits per heavy atom. The zero-order chi connectivity index (χ0) is 20.2. The largest absolute Gasteiger partial charge is 0.497 e. The molecule has 6 nitrogen and oxygen atoms in total. The van der Waals surface area contributed by atoms with E-state index in [2.05, 4.69) is 15.5 Å². The molecule has 0 unspecified atom stereocenters. The van der Waals surface area contributed by atoms with Gasteiger partial charge in [-0.3, -0.25) is 0 Å². The lowest BCUT2D eigenvalue weighted by Crippen LogP contribution is -2.03. The number of benzene rings is 3. The van der Waals surface area contributed by atoms with Crippen LogP contribution in [0, 0.1) is 0 Å². The van der Waals surface area contributed by atoms with Crippen molar-refractivity contribution >= 4 is 23.2 Å². The van der Waals surface area contributed by atoms with E-state index in [0.29, 0.717) is 33.9 Å². The number of aromatic nitrogens is 4. The summed E-state index contributed by atoms with van der Waals surface area (Å²) in [7, 11) is 1.61. The van der Waals surface area contributed by atoms with Crippen molar-refractivity contribution in [3.63, 3.8) is 0 Å². The normalized spacial score (nSPS) is 10.7. The summed E-state index contributed by atoms with van der Waals surface area (Å²) in [6.45, 7) is 0.378. The van der Waals surface area contributed by atoms with E-state index < -0.39 is 0 Å². The lowest BCUT2D eigenvalue weighted by molar-refractivity contribution is 0.306. The monoisotopic (exact) mass is 426 g/mol. The van der Waals surface area contributed by atoms with Crippen molar-refractivity contribution in [3.05, 3.63) is 82.3 Å². The average molecular weight is 427 g/mol. The van der Waals surface area contributed by atoms with Crippen LogP contribution in [0.2, 0.25) is 10.0 Å². The van der Waals surface area contributed by atoms with Gasteiger partial charge in [-0.15, -0.1) is 5.10 Å². The molecule has 0 N–H and O–H groups in total. The first kappa shape index (κ1) is 19.2. The fourth-order valence-electron chi connectivity index (χ4n) is 2.80. The molecule has 1 heterocycles. The minimum absolute atomic E-state index is 0.378. The number of ether oxygens (including phenoxy) is 2. The van der Waals surface area contributed by atoms with E-state index in [4.69, 9.17) is 32.7 Å². The zero-order valence-corrected chi connectivity index (χ0v) is 16.9. The number of hydrogen-bond acceptors (Lipinski definition) is 5. The van der Waals surface area contributed by atoms with Crippen LogP contribution in [0.5, 0.6) is 11.5 Å². The Hall–Kier alpha value is -3.09. The minimum Gasteiger partial charge on any atom is -0.497 e. The molecular weight excluding hydrogens is 411 g/mol. The number of nitrogens with zero attached hydrogens (tertiary/aromatic N) is 4. The maximum Gasteiger partial charge on any atom is 0.187 e. The second-order valence-corrected chi connectivity index (χ2v) is 6.97. The predicted molar refractivity (Wildman–Crippen MR) is 112 cm³/mol. The topological polar surface area (TPSA) is 62.1 Å². The van der Waals surface area contributed by atoms with Gasteiger partial charge in [0.1, 0.15) is 18.1 Å². The second kappa shape index (κ2) is 8.51. The van der Waals surface area contributed by atoms with Crippen molar-refractivity contribution in [1.29, 1.82) is 0 Å². The Morgan fingerprint density at radius 3 is 2.41 bits per heavy atom. The fourth-order valence-corrected chi connectivity index (χ4v) is 3.31. The molecule has 4 aromatic rings. The highest BCUT2D eigenvalue weighted by Crippen LogP contribution is 2.35. The summed E-state index contributed by atoms with van der Waals surface area (Å²) < 4.78 is 12.7. The van der Waals surface area contributed by atoms with E-state index in [1.54, 1.807) is 23.9 Å². The third kappa shape index (κ3) is 4.18. The second-order valence-electron chi connectivity index (χ2n) is 6.15. The van der Waals surface area contributed by atoms with E-state index in [1.165, 1.54) is 0 Å². The molecule has 0 saturated carbocycles. The molecule has 0 atom stereocenters. The van der Waals surface area contributed by atoms with Crippen molar-refractivity contribution in [2.75, 3.05) is 7.11 Å². The van der Waals surface area contributed by atoms with Crippen LogP contribution in [0.3, 0.4) is 0 Å². The van der Waals surface area contributed by atoms with Crippen molar-refractivity contribution in [2.24, 2.45) is 0 Å². The van der Waals surface area contributed by atoms with Gasteiger partial charge in [0.2, 0.25) is 0 Å². The third-order valence-corrected chi connectivity index (χ3v) is 4.88. The third-order valence-electron chi connectivity index (χ3n) is 4.28. The summed E-state index contributed by atoms with van der Waals surface area (Å²) in [6, 6.07) is 20.6. The zero-order valence-electron chi connectivity index (χ0n) is 15.4. The number of halogens is 2. The van der Waals surface area contributed by atoms with Gasteiger partial charge in [-0.05, 0) is 46.3 Å². The van der Waals surface area contributed by atoms with E-state index in [-0.39, 0.29) is 0 Å². The Bertz CT molecular complexity index is 1120. The Balaban J connectivity index is 1.67. The summed E-state index contributed by atoms with van der Waals surface area (Å²) in [6.07, 6.45) is 0. The quantitative estimate of drug-likeness (QED) is 0.422. The van der Waals surface area contributed by atoms with Crippen molar-refractivity contribution < 1.29 is 9.47 Å². The van der Waals surface area contributed by atoms with Gasteiger partial charge in [0.25, 0.3) is 0 Å². The van der Waals surface area contributed by atoms with E-state index in [0.717, 1.165) is 16.9 Å². The molecule has 0 aliphatic rings. The van der Waals surface area contributed by atoms with Crippen molar-refractivity contribution in [3.8, 4) is 28.6 Å². The van der Waals surface area contributed by atoms with Crippen LogP contribution in [0.25, 0.3) is 17.1 Å². The van der Waals surface area contributed by atoms with Crippen LogP contribution >= 0.6 is 23.2 Å². The fraction of sp³-hybridized carbons (Fsp3) is 0.0952. The highest BCUT2D eigenvalue weighted by Gasteiger charge is 2.17. The van der Waals surface area contributed by atoms with Gasteiger partial charge in [-0.1, -0.05) is 53.5 Å². The van der Waals surface area contributed by atoms with E-state index in [9.17, 15) is 0 Å². The highest BCUT2D eigenvalue weighted by atomic mass is 35.5. The molecule has 0 amide bonds. The molecule has 1 aromatic heterocycles. The van der Waals surface area contributed by atoms with Gasteiger partial charge in [0, 0.05) is 11.6 Å². The molecule has 4 rings (SSSR count). The summed E-state index contributed by atoms with van der Waals surface area (Å²) in [5.41, 5.74) is 2.41. The van der Waals surface area contributed by atoms with Gasteiger partial charge >= 0.3 is 0 Å². The Morgan fingerprint density at radius 1 is 0.931 bits per heavy atom. The predicted octanol–water partition coefficient (Wildman–Crippen LogP) is 5.22. The molecule has 29 heavy (non-hydrogen) atoms. The molecule has 0 bridgehead atoms. The van der Waals surface area contributed by atoms with Crippen molar-refractivity contribution in [2.45, 2.75) is 6.61 Å². The highest BCUT2D eigenvalue weighted by molar-refractivity contribution is 6.36. The van der Waals surface area contributed by atoms with Crippen LogP contribution in [-0.2, 0) is 6.61 Å². The van der Waals surface area contributed by atoms with Gasteiger partial charge in [0.05, 0.1) is 22.8 Å². The number of hydrogen-bond donors (Lipinski definition) is 0. The maximum atomic E-state index is 6.44. The van der Waals surface area contributed by atoms with Gasteiger partial charge in [-0.25, -0.2) is 0 Å². The molecular formula is C21H16Cl2N4O2. The van der Waals surface area contributed by atoms with Crippen molar-refractivity contribution in [1.82, 2.24) is 20.2 Å². The molecule has 0 aliphatic carbocycles. The lowest BCUT2D eigenvalue weighted by atomic mass is 10.2. The van der Waals surface area contributed by atoms with E-state index >= 15 is 0 Å². The Kier molecular flexibility index (Phi) is 5.64. The van der Waals surface area contributed by atoms with Gasteiger partial charge in [0.15, 0.2) is 5.82 Å². The first-order valence-corrected chi connectivity index (χ1v) is 9.50. The smallest absolute Gasteiger partial charge is 0.187 e. The number of tetrazole rings is 1. The SMILES string of the molecule is COc1ccc(-c2nnnn2-c2cc(OCc3ccccc3)c(Cl)cc2Cl)cc1. The van der Waals surface area contributed by atoms with E-state index in [1.807, 2.05) is 54.6 Å². The first-order chi connectivity index (χ1) is 14.2. The molecule has 0 aliphatic heterocycles.